The number of benzene rings is 1. The number of ether oxygens (including phenoxy) is 1. The van der Waals surface area contributed by atoms with E-state index in [0.29, 0.717) is 11.5 Å². The van der Waals surface area contributed by atoms with Crippen molar-refractivity contribution >= 4 is 5.91 Å². The Bertz CT molecular complexity index is 442. The number of carbonyl (C=O) groups excluding carboxylic acids is 1. The Balaban J connectivity index is 1.64. The van der Waals surface area contributed by atoms with Crippen LogP contribution in [-0.2, 0) is 4.74 Å². The minimum absolute atomic E-state index is 0.107. The van der Waals surface area contributed by atoms with Crippen LogP contribution < -0.4 is 5.32 Å². The van der Waals surface area contributed by atoms with Gasteiger partial charge >= 0.3 is 0 Å². The number of hydrogen-bond acceptors (Lipinski definition) is 2. The second-order valence-corrected chi connectivity index (χ2v) is 5.05. The summed E-state index contributed by atoms with van der Waals surface area (Å²) in [6.45, 7) is 0.718. The molecule has 2 aliphatic rings. The number of halogens is 1. The zero-order valence-corrected chi connectivity index (χ0v) is 10.1. The molecule has 18 heavy (non-hydrogen) atoms. The van der Waals surface area contributed by atoms with Gasteiger partial charge in [0.05, 0.1) is 12.1 Å². The highest BCUT2D eigenvalue weighted by molar-refractivity contribution is 5.94. The van der Waals surface area contributed by atoms with Gasteiger partial charge in [0.2, 0.25) is 0 Å². The molecular weight excluding hydrogens is 233 g/mol. The van der Waals surface area contributed by atoms with E-state index in [-0.39, 0.29) is 23.9 Å². The number of hydrogen-bond donors (Lipinski definition) is 1. The number of rotatable bonds is 3. The summed E-state index contributed by atoms with van der Waals surface area (Å²) in [5, 5.41) is 3.00. The molecule has 1 N–H and O–H groups in total. The van der Waals surface area contributed by atoms with Crippen LogP contribution in [0.5, 0.6) is 0 Å². The van der Waals surface area contributed by atoms with Crippen molar-refractivity contribution in [1.82, 2.24) is 5.32 Å². The Morgan fingerprint density at radius 3 is 2.61 bits per heavy atom. The molecule has 1 saturated carbocycles. The van der Waals surface area contributed by atoms with Crippen LogP contribution >= 0.6 is 0 Å². The van der Waals surface area contributed by atoms with E-state index in [4.69, 9.17) is 4.74 Å². The average molecular weight is 249 g/mol. The number of amides is 1. The van der Waals surface area contributed by atoms with E-state index in [2.05, 4.69) is 5.32 Å². The zero-order chi connectivity index (χ0) is 12.5. The van der Waals surface area contributed by atoms with Gasteiger partial charge in [-0.2, -0.15) is 0 Å². The van der Waals surface area contributed by atoms with E-state index < -0.39 is 0 Å². The molecule has 1 heterocycles. The van der Waals surface area contributed by atoms with E-state index >= 15 is 0 Å². The van der Waals surface area contributed by atoms with Gasteiger partial charge in [-0.25, -0.2) is 4.39 Å². The monoisotopic (exact) mass is 249 g/mol. The van der Waals surface area contributed by atoms with E-state index in [1.54, 1.807) is 0 Å². The van der Waals surface area contributed by atoms with Crippen molar-refractivity contribution in [3.63, 3.8) is 0 Å². The summed E-state index contributed by atoms with van der Waals surface area (Å²) in [5.74, 6) is 0.147. The van der Waals surface area contributed by atoms with E-state index in [1.807, 2.05) is 0 Å². The van der Waals surface area contributed by atoms with Crippen LogP contribution in [0.15, 0.2) is 24.3 Å². The first-order valence-corrected chi connectivity index (χ1v) is 6.42. The third kappa shape index (κ3) is 2.38. The van der Waals surface area contributed by atoms with Gasteiger partial charge in [-0.05, 0) is 49.4 Å². The lowest BCUT2D eigenvalue weighted by atomic mass is 10.1. The molecule has 4 heteroatoms. The molecule has 3 nitrogen and oxygen atoms in total. The summed E-state index contributed by atoms with van der Waals surface area (Å²) in [4.78, 5) is 12.0. The second kappa shape index (κ2) is 4.69. The Hall–Kier alpha value is -1.42. The summed E-state index contributed by atoms with van der Waals surface area (Å²) in [7, 11) is 0. The van der Waals surface area contributed by atoms with Crippen LogP contribution in [0.4, 0.5) is 4.39 Å². The molecule has 96 valence electrons. The highest BCUT2D eigenvalue weighted by atomic mass is 19.1. The Morgan fingerprint density at radius 1 is 1.22 bits per heavy atom. The highest BCUT2D eigenvalue weighted by Crippen LogP contribution is 2.38. The summed E-state index contributed by atoms with van der Waals surface area (Å²) < 4.78 is 18.5. The molecule has 0 spiro atoms. The summed E-state index contributed by atoms with van der Waals surface area (Å²) in [5.41, 5.74) is 0.498. The van der Waals surface area contributed by atoms with Crippen molar-refractivity contribution in [2.75, 3.05) is 6.61 Å². The van der Waals surface area contributed by atoms with Gasteiger partial charge < -0.3 is 10.1 Å². The summed E-state index contributed by atoms with van der Waals surface area (Å²) in [6, 6.07) is 5.73. The fourth-order valence-electron chi connectivity index (χ4n) is 2.51. The van der Waals surface area contributed by atoms with Crippen molar-refractivity contribution in [2.24, 2.45) is 5.92 Å². The Morgan fingerprint density at radius 2 is 1.94 bits per heavy atom. The molecule has 2 unspecified atom stereocenters. The van der Waals surface area contributed by atoms with Gasteiger partial charge in [-0.1, -0.05) is 0 Å². The maximum absolute atomic E-state index is 12.8. The normalized spacial score (nSPS) is 27.2. The maximum Gasteiger partial charge on any atom is 0.251 e. The predicted octanol–water partition coefficient (Wildman–Crippen LogP) is 2.12. The van der Waals surface area contributed by atoms with Crippen LogP contribution in [0.25, 0.3) is 0 Å². The SMILES string of the molecule is O=C(NC1CCOC1C1CC1)c1ccc(F)cc1. The minimum Gasteiger partial charge on any atom is -0.376 e. The first-order chi connectivity index (χ1) is 8.74. The van der Waals surface area contributed by atoms with Gasteiger partial charge in [0.15, 0.2) is 0 Å². The maximum atomic E-state index is 12.8. The van der Waals surface area contributed by atoms with E-state index in [9.17, 15) is 9.18 Å². The van der Waals surface area contributed by atoms with Gasteiger partial charge in [0.25, 0.3) is 5.91 Å². The van der Waals surface area contributed by atoms with Crippen molar-refractivity contribution in [3.8, 4) is 0 Å². The number of nitrogens with one attached hydrogen (secondary N) is 1. The van der Waals surface area contributed by atoms with E-state index in [1.165, 1.54) is 37.1 Å². The van der Waals surface area contributed by atoms with Crippen LogP contribution in [0, 0.1) is 11.7 Å². The predicted molar refractivity (Wildman–Crippen MR) is 64.7 cm³/mol. The summed E-state index contributed by atoms with van der Waals surface area (Å²) in [6.07, 6.45) is 3.45. The average Bonchev–Trinajstić information content (AvgIpc) is 3.11. The molecule has 1 aromatic rings. The first-order valence-electron chi connectivity index (χ1n) is 6.42. The number of carbonyl (C=O) groups is 1. The molecule has 1 aliphatic heterocycles. The first kappa shape index (κ1) is 11.7. The Labute approximate surface area is 105 Å². The molecule has 0 radical (unpaired) electrons. The lowest BCUT2D eigenvalue weighted by Gasteiger charge is -2.19. The highest BCUT2D eigenvalue weighted by Gasteiger charge is 2.41. The zero-order valence-electron chi connectivity index (χ0n) is 10.1. The lowest BCUT2D eigenvalue weighted by Crippen LogP contribution is -2.41. The Kier molecular flexibility index (Phi) is 3.04. The van der Waals surface area contributed by atoms with Crippen LogP contribution in [0.1, 0.15) is 29.6 Å². The van der Waals surface area contributed by atoms with Crippen molar-refractivity contribution < 1.29 is 13.9 Å². The summed E-state index contributed by atoms with van der Waals surface area (Å²) >= 11 is 0. The minimum atomic E-state index is -0.327. The van der Waals surface area contributed by atoms with Crippen LogP contribution in [0.2, 0.25) is 0 Å². The molecule has 0 bridgehead atoms. The smallest absolute Gasteiger partial charge is 0.251 e. The second-order valence-electron chi connectivity index (χ2n) is 5.05. The van der Waals surface area contributed by atoms with Crippen molar-refractivity contribution in [3.05, 3.63) is 35.6 Å². The fraction of sp³-hybridized carbons (Fsp3) is 0.500. The lowest BCUT2D eigenvalue weighted by molar-refractivity contribution is 0.0729. The van der Waals surface area contributed by atoms with Gasteiger partial charge in [0, 0.05) is 12.2 Å². The topological polar surface area (TPSA) is 38.3 Å². The molecular formula is C14H16FNO2. The molecule has 2 fully saturated rings. The molecule has 1 aromatic carbocycles. The fourth-order valence-corrected chi connectivity index (χ4v) is 2.51. The third-order valence-electron chi connectivity index (χ3n) is 3.65. The van der Waals surface area contributed by atoms with Crippen LogP contribution in [-0.4, -0.2) is 24.7 Å². The van der Waals surface area contributed by atoms with Crippen molar-refractivity contribution in [1.29, 1.82) is 0 Å². The molecule has 1 amide bonds. The largest absolute Gasteiger partial charge is 0.376 e. The van der Waals surface area contributed by atoms with Gasteiger partial charge in [0.1, 0.15) is 5.82 Å². The quantitative estimate of drug-likeness (QED) is 0.891. The van der Waals surface area contributed by atoms with Crippen LogP contribution in [0.3, 0.4) is 0 Å². The van der Waals surface area contributed by atoms with Crippen molar-refractivity contribution in [2.45, 2.75) is 31.4 Å². The third-order valence-corrected chi connectivity index (χ3v) is 3.65. The van der Waals surface area contributed by atoms with E-state index in [0.717, 1.165) is 13.0 Å². The standard InChI is InChI=1S/C14H16FNO2/c15-11-5-3-10(4-6-11)14(17)16-12-7-8-18-13(12)9-1-2-9/h3-6,9,12-13H,1-2,7-8H2,(H,16,17). The van der Waals surface area contributed by atoms with Gasteiger partial charge in [-0.15, -0.1) is 0 Å². The molecule has 3 rings (SSSR count). The molecule has 1 saturated heterocycles. The molecule has 0 aromatic heterocycles. The van der Waals surface area contributed by atoms with Gasteiger partial charge in [-0.3, -0.25) is 4.79 Å². The molecule has 2 atom stereocenters. The molecule has 1 aliphatic carbocycles.